The number of nitrogens with zero attached hydrogens (tertiary/aromatic N) is 1. The number of thiophene rings is 2. The van der Waals surface area contributed by atoms with Gasteiger partial charge in [-0.05, 0) is 66.1 Å². The molecule has 134 valence electrons. The van der Waals surface area contributed by atoms with Crippen LogP contribution in [0.1, 0.15) is 47.2 Å². The van der Waals surface area contributed by atoms with E-state index in [1.807, 2.05) is 22.7 Å². The minimum atomic E-state index is -0.340. The molecule has 0 atom stereocenters. The van der Waals surface area contributed by atoms with Crippen LogP contribution in [0, 0.1) is 0 Å². The molecule has 0 aromatic carbocycles. The zero-order valence-corrected chi connectivity index (χ0v) is 16.0. The number of carbonyl (C=O) groups is 2. The van der Waals surface area contributed by atoms with Gasteiger partial charge in [0.25, 0.3) is 0 Å². The number of anilines is 1. The summed E-state index contributed by atoms with van der Waals surface area (Å²) in [6.45, 7) is 3.11. The first kappa shape index (κ1) is 18.1. The number of rotatable bonds is 8. The molecule has 0 spiro atoms. The van der Waals surface area contributed by atoms with Crippen molar-refractivity contribution in [2.45, 2.75) is 32.2 Å². The minimum Gasteiger partial charge on any atom is -0.462 e. The summed E-state index contributed by atoms with van der Waals surface area (Å²) in [6.07, 6.45) is 2.19. The van der Waals surface area contributed by atoms with Crippen LogP contribution in [0.4, 0.5) is 5.00 Å². The lowest BCUT2D eigenvalue weighted by molar-refractivity contribution is -0.117. The highest BCUT2D eigenvalue weighted by molar-refractivity contribution is 7.15. The number of amides is 1. The normalized spacial score (nSPS) is 13.9. The molecule has 25 heavy (non-hydrogen) atoms. The number of carbonyl (C=O) groups excluding carboxylic acids is 2. The molecule has 1 amide bonds. The molecule has 2 aromatic rings. The zero-order valence-electron chi connectivity index (χ0n) is 14.4. The molecule has 1 N–H and O–H groups in total. The van der Waals surface area contributed by atoms with Gasteiger partial charge < -0.3 is 10.1 Å². The summed E-state index contributed by atoms with van der Waals surface area (Å²) in [7, 11) is 1.91. The number of hydrogen-bond donors (Lipinski definition) is 1. The van der Waals surface area contributed by atoms with E-state index in [4.69, 9.17) is 4.74 Å². The molecule has 0 unspecified atom stereocenters. The van der Waals surface area contributed by atoms with Gasteiger partial charge in [-0.1, -0.05) is 0 Å². The smallest absolute Gasteiger partial charge is 0.341 e. The highest BCUT2D eigenvalue weighted by atomic mass is 32.1. The second-order valence-electron chi connectivity index (χ2n) is 6.24. The molecule has 1 fully saturated rings. The van der Waals surface area contributed by atoms with E-state index in [1.165, 1.54) is 16.9 Å². The van der Waals surface area contributed by atoms with Gasteiger partial charge in [-0.3, -0.25) is 9.69 Å². The third-order valence-corrected chi connectivity index (χ3v) is 5.66. The molecule has 5 nitrogen and oxygen atoms in total. The third-order valence-electron chi connectivity index (χ3n) is 4.02. The van der Waals surface area contributed by atoms with Crippen molar-refractivity contribution in [3.05, 3.63) is 38.9 Å². The Morgan fingerprint density at radius 1 is 1.36 bits per heavy atom. The van der Waals surface area contributed by atoms with Crippen molar-refractivity contribution < 1.29 is 14.3 Å². The standard InChI is InChI=1S/C18H22N2O3S2/c1-3-23-18(22)16-14(13-4-5-13)11-25-17(16)19-15(21)9-20(2)8-12-6-7-24-10-12/h6-7,10-11,13H,3-5,8-9H2,1-2H3,(H,19,21). The van der Waals surface area contributed by atoms with E-state index >= 15 is 0 Å². The van der Waals surface area contributed by atoms with Gasteiger partial charge in [-0.2, -0.15) is 11.3 Å². The average molecular weight is 379 g/mol. The van der Waals surface area contributed by atoms with E-state index < -0.39 is 0 Å². The van der Waals surface area contributed by atoms with Crippen LogP contribution in [-0.2, 0) is 16.1 Å². The van der Waals surface area contributed by atoms with Crippen LogP contribution in [0.2, 0.25) is 0 Å². The Balaban J connectivity index is 1.65. The summed E-state index contributed by atoms with van der Waals surface area (Å²) in [6, 6.07) is 2.05. The van der Waals surface area contributed by atoms with Crippen LogP contribution in [0.25, 0.3) is 0 Å². The molecule has 2 aromatic heterocycles. The van der Waals surface area contributed by atoms with Gasteiger partial charge in [-0.15, -0.1) is 11.3 Å². The van der Waals surface area contributed by atoms with Crippen molar-refractivity contribution in [3.8, 4) is 0 Å². The van der Waals surface area contributed by atoms with Crippen LogP contribution < -0.4 is 5.32 Å². The van der Waals surface area contributed by atoms with Crippen LogP contribution >= 0.6 is 22.7 Å². The number of ether oxygens (including phenoxy) is 1. The molecule has 1 aliphatic rings. The van der Waals surface area contributed by atoms with Gasteiger partial charge in [0.2, 0.25) is 5.91 Å². The SMILES string of the molecule is CCOC(=O)c1c(C2CC2)csc1NC(=O)CN(C)Cc1ccsc1. The number of hydrogen-bond acceptors (Lipinski definition) is 6. The van der Waals surface area contributed by atoms with E-state index in [0.717, 1.165) is 24.9 Å². The van der Waals surface area contributed by atoms with E-state index in [-0.39, 0.29) is 18.4 Å². The van der Waals surface area contributed by atoms with E-state index in [0.29, 0.717) is 23.1 Å². The molecule has 1 saturated carbocycles. The topological polar surface area (TPSA) is 58.6 Å². The quantitative estimate of drug-likeness (QED) is 0.707. The van der Waals surface area contributed by atoms with Gasteiger partial charge in [0.1, 0.15) is 5.00 Å². The zero-order chi connectivity index (χ0) is 17.8. The van der Waals surface area contributed by atoms with Crippen LogP contribution in [0.3, 0.4) is 0 Å². The Hall–Kier alpha value is -1.70. The van der Waals surface area contributed by atoms with Gasteiger partial charge in [0.05, 0.1) is 18.7 Å². The van der Waals surface area contributed by atoms with Crippen molar-refractivity contribution in [1.82, 2.24) is 4.90 Å². The maximum absolute atomic E-state index is 12.4. The number of esters is 1. The fourth-order valence-corrected chi connectivity index (χ4v) is 4.44. The van der Waals surface area contributed by atoms with Crippen molar-refractivity contribution >= 4 is 39.6 Å². The molecule has 0 radical (unpaired) electrons. The second-order valence-corrected chi connectivity index (χ2v) is 7.90. The molecule has 7 heteroatoms. The lowest BCUT2D eigenvalue weighted by atomic mass is 10.1. The molecule has 0 saturated heterocycles. The lowest BCUT2D eigenvalue weighted by Gasteiger charge is -2.15. The molecular formula is C18H22N2O3S2. The summed E-state index contributed by atoms with van der Waals surface area (Å²) in [5.74, 6) is -0.0253. The van der Waals surface area contributed by atoms with Crippen LogP contribution in [0.15, 0.2) is 22.2 Å². The first-order valence-electron chi connectivity index (χ1n) is 8.36. The van der Waals surface area contributed by atoms with Crippen LogP contribution in [0.5, 0.6) is 0 Å². The maximum Gasteiger partial charge on any atom is 0.341 e. The summed E-state index contributed by atoms with van der Waals surface area (Å²) < 4.78 is 5.19. The third kappa shape index (κ3) is 4.68. The molecule has 2 heterocycles. The van der Waals surface area contributed by atoms with Gasteiger partial charge in [0, 0.05) is 6.54 Å². The number of nitrogens with one attached hydrogen (secondary N) is 1. The largest absolute Gasteiger partial charge is 0.462 e. The fraction of sp³-hybridized carbons (Fsp3) is 0.444. The summed E-state index contributed by atoms with van der Waals surface area (Å²) >= 11 is 3.06. The predicted octanol–water partition coefficient (Wildman–Crippen LogP) is 3.93. The van der Waals surface area contributed by atoms with Crippen molar-refractivity contribution in [2.24, 2.45) is 0 Å². The predicted molar refractivity (Wildman–Crippen MR) is 102 cm³/mol. The van der Waals surface area contributed by atoms with Crippen molar-refractivity contribution in [3.63, 3.8) is 0 Å². The van der Waals surface area contributed by atoms with Gasteiger partial charge in [0.15, 0.2) is 0 Å². The highest BCUT2D eigenvalue weighted by Crippen LogP contribution is 2.46. The minimum absolute atomic E-state index is 0.118. The average Bonchev–Trinajstić information content (AvgIpc) is 3.12. The summed E-state index contributed by atoms with van der Waals surface area (Å²) in [5.41, 5.74) is 2.76. The molecule has 3 rings (SSSR count). The van der Waals surface area contributed by atoms with Gasteiger partial charge >= 0.3 is 5.97 Å². The highest BCUT2D eigenvalue weighted by Gasteiger charge is 2.32. The Morgan fingerprint density at radius 3 is 2.80 bits per heavy atom. The Morgan fingerprint density at radius 2 is 2.16 bits per heavy atom. The van der Waals surface area contributed by atoms with Gasteiger partial charge in [-0.25, -0.2) is 4.79 Å². The fourth-order valence-electron chi connectivity index (χ4n) is 2.73. The molecule has 0 aliphatic heterocycles. The first-order valence-corrected chi connectivity index (χ1v) is 10.2. The Bertz CT molecular complexity index is 736. The Kier molecular flexibility index (Phi) is 5.88. The number of likely N-dealkylation sites (N-methyl/N-ethyl adjacent to an activating group) is 1. The summed E-state index contributed by atoms with van der Waals surface area (Å²) in [5, 5.41) is 9.60. The molecular weight excluding hydrogens is 356 g/mol. The van der Waals surface area contributed by atoms with E-state index in [1.54, 1.807) is 18.3 Å². The molecule has 1 aliphatic carbocycles. The van der Waals surface area contributed by atoms with Crippen LogP contribution in [-0.4, -0.2) is 37.0 Å². The van der Waals surface area contributed by atoms with E-state index in [2.05, 4.69) is 16.8 Å². The van der Waals surface area contributed by atoms with Crippen molar-refractivity contribution in [2.75, 3.05) is 25.5 Å². The van der Waals surface area contributed by atoms with Crippen molar-refractivity contribution in [1.29, 1.82) is 0 Å². The monoisotopic (exact) mass is 378 g/mol. The lowest BCUT2D eigenvalue weighted by Crippen LogP contribution is -2.30. The maximum atomic E-state index is 12.4. The second kappa shape index (κ2) is 8.12. The van der Waals surface area contributed by atoms with E-state index in [9.17, 15) is 9.59 Å². The first-order chi connectivity index (χ1) is 12.1. The Labute approximate surface area is 155 Å². The molecule has 0 bridgehead atoms. The summed E-state index contributed by atoms with van der Waals surface area (Å²) in [4.78, 5) is 26.7.